The van der Waals surface area contributed by atoms with Crippen LogP contribution in [0.4, 0.5) is 10.1 Å². The Balaban J connectivity index is 0.00000274. The largest absolute Gasteiger partial charge is 0.454 e. The SMILES string of the molecule is CNS(=O)(=O)c1ccc(-c2cc(NC(=O)C3(c4ccc5c(c4)OCO5)CC3)ccc2F)cc1.[HH]. The summed E-state index contributed by atoms with van der Waals surface area (Å²) in [6, 6.07) is 15.7. The third kappa shape index (κ3) is 3.83. The van der Waals surface area contributed by atoms with E-state index in [1.165, 1.54) is 43.4 Å². The van der Waals surface area contributed by atoms with Gasteiger partial charge in [-0.25, -0.2) is 17.5 Å². The molecule has 0 aromatic heterocycles. The van der Waals surface area contributed by atoms with Gasteiger partial charge in [0.25, 0.3) is 0 Å². The summed E-state index contributed by atoms with van der Waals surface area (Å²) in [6.45, 7) is 0.165. The number of carbonyl (C=O) groups excluding carboxylic acids is 1. The molecule has 1 amide bonds. The van der Waals surface area contributed by atoms with Gasteiger partial charge < -0.3 is 14.8 Å². The Hall–Kier alpha value is -3.43. The highest BCUT2D eigenvalue weighted by Crippen LogP contribution is 2.51. The van der Waals surface area contributed by atoms with Gasteiger partial charge in [0.05, 0.1) is 10.3 Å². The van der Waals surface area contributed by atoms with Gasteiger partial charge in [0.2, 0.25) is 22.7 Å². The summed E-state index contributed by atoms with van der Waals surface area (Å²) < 4.78 is 51.4. The molecule has 1 heterocycles. The minimum atomic E-state index is -3.59. The van der Waals surface area contributed by atoms with E-state index in [0.29, 0.717) is 35.6 Å². The minimum absolute atomic E-state index is 0. The summed E-state index contributed by atoms with van der Waals surface area (Å²) in [7, 11) is -2.26. The first kappa shape index (κ1) is 21.4. The highest BCUT2D eigenvalue weighted by atomic mass is 32.2. The van der Waals surface area contributed by atoms with Crippen LogP contribution in [0.2, 0.25) is 0 Å². The lowest BCUT2D eigenvalue weighted by Gasteiger charge is -2.17. The van der Waals surface area contributed by atoms with Crippen LogP contribution >= 0.6 is 0 Å². The second-order valence-corrected chi connectivity index (χ2v) is 9.92. The maximum absolute atomic E-state index is 14.6. The Bertz CT molecular complexity index is 1360. The number of ether oxygens (including phenoxy) is 2. The fraction of sp³-hybridized carbons (Fsp3) is 0.208. The molecule has 3 aromatic carbocycles. The van der Waals surface area contributed by atoms with Gasteiger partial charge in [-0.2, -0.15) is 0 Å². The molecule has 1 fully saturated rings. The number of nitrogens with one attached hydrogen (secondary N) is 2. The van der Waals surface area contributed by atoms with Crippen molar-refractivity contribution in [2.75, 3.05) is 19.2 Å². The van der Waals surface area contributed by atoms with E-state index in [9.17, 15) is 17.6 Å². The van der Waals surface area contributed by atoms with E-state index < -0.39 is 21.3 Å². The van der Waals surface area contributed by atoms with Crippen LogP contribution in [0.1, 0.15) is 19.8 Å². The first-order chi connectivity index (χ1) is 15.8. The molecule has 7 nitrogen and oxygen atoms in total. The minimum Gasteiger partial charge on any atom is -0.454 e. The fourth-order valence-electron chi connectivity index (χ4n) is 3.97. The van der Waals surface area contributed by atoms with Crippen molar-refractivity contribution in [3.8, 4) is 22.6 Å². The number of benzene rings is 3. The first-order valence-electron chi connectivity index (χ1n) is 10.4. The molecule has 2 aliphatic rings. The van der Waals surface area contributed by atoms with Crippen molar-refractivity contribution >= 4 is 21.6 Å². The molecule has 0 unspecified atom stereocenters. The van der Waals surface area contributed by atoms with Crippen LogP contribution in [0.15, 0.2) is 65.6 Å². The smallest absolute Gasteiger partial charge is 0.240 e. The van der Waals surface area contributed by atoms with E-state index >= 15 is 0 Å². The lowest BCUT2D eigenvalue weighted by atomic mass is 9.94. The lowest BCUT2D eigenvalue weighted by Crippen LogP contribution is -2.27. The predicted molar refractivity (Wildman–Crippen MR) is 122 cm³/mol. The number of hydrogen-bond acceptors (Lipinski definition) is 5. The lowest BCUT2D eigenvalue weighted by molar-refractivity contribution is -0.118. The first-order valence-corrected chi connectivity index (χ1v) is 11.9. The van der Waals surface area contributed by atoms with Gasteiger partial charge in [-0.3, -0.25) is 4.79 Å². The van der Waals surface area contributed by atoms with E-state index in [4.69, 9.17) is 9.47 Å². The normalized spacial score (nSPS) is 15.8. The molecule has 172 valence electrons. The maximum atomic E-state index is 14.6. The van der Waals surface area contributed by atoms with Crippen LogP contribution in [0.25, 0.3) is 11.1 Å². The van der Waals surface area contributed by atoms with E-state index in [2.05, 4.69) is 10.0 Å². The van der Waals surface area contributed by atoms with Crippen molar-refractivity contribution in [2.24, 2.45) is 0 Å². The molecule has 5 rings (SSSR count). The highest BCUT2D eigenvalue weighted by Gasteiger charge is 2.51. The maximum Gasteiger partial charge on any atom is 0.240 e. The van der Waals surface area contributed by atoms with Crippen molar-refractivity contribution in [2.45, 2.75) is 23.2 Å². The fourth-order valence-corrected chi connectivity index (χ4v) is 4.70. The van der Waals surface area contributed by atoms with Crippen LogP contribution in [-0.4, -0.2) is 28.2 Å². The molecule has 0 spiro atoms. The van der Waals surface area contributed by atoms with Gasteiger partial charge in [0, 0.05) is 12.7 Å². The summed E-state index contributed by atoms with van der Waals surface area (Å²) >= 11 is 0. The number of amides is 1. The summed E-state index contributed by atoms with van der Waals surface area (Å²) in [5.41, 5.74) is 1.41. The molecule has 0 radical (unpaired) electrons. The van der Waals surface area contributed by atoms with Gasteiger partial charge in [0.1, 0.15) is 5.82 Å². The Kier molecular flexibility index (Phi) is 5.10. The molecule has 1 saturated carbocycles. The van der Waals surface area contributed by atoms with E-state index in [0.717, 1.165) is 5.56 Å². The van der Waals surface area contributed by atoms with Crippen LogP contribution < -0.4 is 19.5 Å². The van der Waals surface area contributed by atoms with Crippen LogP contribution in [0.5, 0.6) is 11.5 Å². The summed E-state index contributed by atoms with van der Waals surface area (Å²) in [5, 5.41) is 2.91. The number of hydrogen-bond donors (Lipinski definition) is 2. The molecular weight excluding hydrogens is 447 g/mol. The van der Waals surface area contributed by atoms with E-state index in [-0.39, 0.29) is 24.6 Å². The third-order valence-corrected chi connectivity index (χ3v) is 7.51. The van der Waals surface area contributed by atoms with Crippen molar-refractivity contribution in [3.63, 3.8) is 0 Å². The standard InChI is InChI=1S/C24H21FN2O5S.H2/c1-26-33(29,30)18-6-2-15(3-7-18)19-13-17(5-8-20(19)25)27-23(28)24(10-11-24)16-4-9-21-22(12-16)32-14-31-21;/h2-9,12-13,26H,10-11,14H2,1H3,(H,27,28);1H. The molecule has 33 heavy (non-hydrogen) atoms. The number of carbonyl (C=O) groups is 1. The molecule has 0 saturated heterocycles. The molecule has 0 bridgehead atoms. The van der Waals surface area contributed by atoms with Gasteiger partial charge in [-0.1, -0.05) is 18.2 Å². The number of fused-ring (bicyclic) bond motifs is 1. The van der Waals surface area contributed by atoms with E-state index in [1.54, 1.807) is 12.1 Å². The summed E-state index contributed by atoms with van der Waals surface area (Å²) in [4.78, 5) is 13.2. The molecule has 0 atom stereocenters. The van der Waals surface area contributed by atoms with Crippen LogP contribution in [0, 0.1) is 5.82 Å². The Morgan fingerprint density at radius 2 is 1.73 bits per heavy atom. The molecule has 9 heteroatoms. The zero-order valence-electron chi connectivity index (χ0n) is 17.7. The number of sulfonamides is 1. The number of halogens is 1. The zero-order chi connectivity index (χ0) is 23.2. The van der Waals surface area contributed by atoms with Crippen molar-refractivity contribution in [3.05, 3.63) is 72.0 Å². The van der Waals surface area contributed by atoms with Gasteiger partial charge in [-0.15, -0.1) is 0 Å². The molecule has 2 N–H and O–H groups in total. The van der Waals surface area contributed by atoms with Gasteiger partial charge in [-0.05, 0) is 73.5 Å². The molecule has 1 aliphatic carbocycles. The quantitative estimate of drug-likeness (QED) is 0.567. The third-order valence-electron chi connectivity index (χ3n) is 6.08. The van der Waals surface area contributed by atoms with E-state index in [1.807, 2.05) is 12.1 Å². The van der Waals surface area contributed by atoms with Crippen LogP contribution in [0.3, 0.4) is 0 Å². The Morgan fingerprint density at radius 1 is 1.00 bits per heavy atom. The van der Waals surface area contributed by atoms with Crippen molar-refractivity contribution in [1.29, 1.82) is 0 Å². The van der Waals surface area contributed by atoms with Crippen molar-refractivity contribution in [1.82, 2.24) is 4.72 Å². The topological polar surface area (TPSA) is 93.7 Å². The second kappa shape index (κ2) is 7.86. The molecule has 3 aromatic rings. The summed E-state index contributed by atoms with van der Waals surface area (Å²) in [5.74, 6) is 0.634. The zero-order valence-corrected chi connectivity index (χ0v) is 18.5. The number of anilines is 1. The van der Waals surface area contributed by atoms with Crippen molar-refractivity contribution < 1.29 is 28.5 Å². The summed E-state index contributed by atoms with van der Waals surface area (Å²) in [6.07, 6.45) is 1.40. The predicted octanol–water partition coefficient (Wildman–Crippen LogP) is 4.05. The van der Waals surface area contributed by atoms with Crippen LogP contribution in [-0.2, 0) is 20.2 Å². The molecule has 1 aliphatic heterocycles. The molecular formula is C24H23FN2O5S. The number of rotatable bonds is 6. The average Bonchev–Trinajstić information content (AvgIpc) is 3.51. The monoisotopic (exact) mass is 470 g/mol. The average molecular weight is 471 g/mol. The Labute approximate surface area is 192 Å². The Morgan fingerprint density at radius 3 is 2.42 bits per heavy atom. The van der Waals surface area contributed by atoms with Gasteiger partial charge in [0.15, 0.2) is 11.5 Å². The second-order valence-electron chi connectivity index (χ2n) is 8.03. The highest BCUT2D eigenvalue weighted by molar-refractivity contribution is 7.89. The van der Waals surface area contributed by atoms with Gasteiger partial charge >= 0.3 is 0 Å².